The fraction of sp³-hybridized carbons (Fsp3) is 0. The average molecular weight is 364 g/mol. The van der Waals surface area contributed by atoms with Gasteiger partial charge in [-0.2, -0.15) is 0 Å². The molecule has 2 amide bonds. The van der Waals surface area contributed by atoms with Crippen molar-refractivity contribution in [3.63, 3.8) is 0 Å². The van der Waals surface area contributed by atoms with Gasteiger partial charge in [0, 0.05) is 16.1 Å². The van der Waals surface area contributed by atoms with Crippen LogP contribution in [0.2, 0.25) is 0 Å². The summed E-state index contributed by atoms with van der Waals surface area (Å²) in [5.74, 6) is -0.711. The Morgan fingerprint density at radius 2 is 1.65 bits per heavy atom. The van der Waals surface area contributed by atoms with Gasteiger partial charge in [0.05, 0.1) is 0 Å². The highest BCUT2D eigenvalue weighted by Gasteiger charge is 2.15. The summed E-state index contributed by atoms with van der Waals surface area (Å²) in [7, 11) is 0. The fourth-order valence-corrected chi connectivity index (χ4v) is 2.86. The molecule has 0 unspecified atom stereocenters. The molecular weight excluding hydrogens is 348 g/mol. The van der Waals surface area contributed by atoms with Crippen molar-refractivity contribution in [2.75, 3.05) is 5.32 Å². The van der Waals surface area contributed by atoms with E-state index in [1.807, 2.05) is 23.6 Å². The summed E-state index contributed by atoms with van der Waals surface area (Å²) >= 11 is 1.46. The molecule has 0 aliphatic heterocycles. The largest absolute Gasteiger partial charge is 0.508 e. The van der Waals surface area contributed by atoms with Crippen LogP contribution < -0.4 is 10.6 Å². The van der Waals surface area contributed by atoms with Gasteiger partial charge in [-0.15, -0.1) is 11.3 Å². The van der Waals surface area contributed by atoms with E-state index in [-0.39, 0.29) is 17.4 Å². The lowest BCUT2D eigenvalue weighted by Gasteiger charge is -2.11. The number of phenols is 1. The second-order valence-corrected chi connectivity index (χ2v) is 6.37. The molecule has 0 aliphatic rings. The minimum Gasteiger partial charge on any atom is -0.508 e. The van der Waals surface area contributed by atoms with Gasteiger partial charge in [-0.25, -0.2) is 0 Å². The first-order valence-electron chi connectivity index (χ1n) is 7.84. The highest BCUT2D eigenvalue weighted by molar-refractivity contribution is 7.10. The van der Waals surface area contributed by atoms with Crippen molar-refractivity contribution < 1.29 is 14.7 Å². The van der Waals surface area contributed by atoms with Crippen LogP contribution in [0.15, 0.2) is 77.8 Å². The monoisotopic (exact) mass is 364 g/mol. The number of benzene rings is 2. The molecule has 1 heterocycles. The third kappa shape index (κ3) is 4.58. The zero-order valence-electron chi connectivity index (χ0n) is 13.7. The molecule has 0 bridgehead atoms. The maximum absolute atomic E-state index is 12.6. The molecule has 0 aliphatic carbocycles. The van der Waals surface area contributed by atoms with Crippen molar-refractivity contribution in [3.8, 4) is 5.75 Å². The van der Waals surface area contributed by atoms with Crippen LogP contribution >= 0.6 is 11.3 Å². The Bertz CT molecular complexity index is 917. The zero-order chi connectivity index (χ0) is 18.4. The molecule has 0 radical (unpaired) electrons. The molecule has 3 rings (SSSR count). The van der Waals surface area contributed by atoms with Gasteiger partial charge in [0.25, 0.3) is 11.8 Å². The highest BCUT2D eigenvalue weighted by Crippen LogP contribution is 2.17. The first-order valence-corrected chi connectivity index (χ1v) is 8.72. The highest BCUT2D eigenvalue weighted by atomic mass is 32.1. The van der Waals surface area contributed by atoms with Crippen molar-refractivity contribution in [1.29, 1.82) is 0 Å². The Labute approximate surface area is 154 Å². The fourth-order valence-electron chi connectivity index (χ4n) is 2.20. The van der Waals surface area contributed by atoms with Gasteiger partial charge >= 0.3 is 0 Å². The lowest BCUT2D eigenvalue weighted by atomic mass is 10.2. The van der Waals surface area contributed by atoms with Crippen molar-refractivity contribution in [2.45, 2.75) is 0 Å². The van der Waals surface area contributed by atoms with Gasteiger partial charge in [0.2, 0.25) is 0 Å². The number of carbonyl (C=O) groups excluding carboxylic acids is 2. The molecule has 5 nitrogen and oxygen atoms in total. The third-order valence-corrected chi connectivity index (χ3v) is 4.30. The van der Waals surface area contributed by atoms with Crippen LogP contribution in [0.25, 0.3) is 6.08 Å². The smallest absolute Gasteiger partial charge is 0.272 e. The van der Waals surface area contributed by atoms with E-state index in [0.717, 1.165) is 4.88 Å². The molecule has 0 saturated heterocycles. The number of hydrogen-bond donors (Lipinski definition) is 3. The van der Waals surface area contributed by atoms with Crippen LogP contribution in [-0.4, -0.2) is 16.9 Å². The summed E-state index contributed by atoms with van der Waals surface area (Å²) < 4.78 is 0. The molecule has 3 aromatic rings. The standard InChI is InChI=1S/C20H16N2O3S/c23-16-10-8-15(9-11-16)21-20(25)18(13-17-7-4-12-26-17)22-19(24)14-5-2-1-3-6-14/h1-13,23H,(H,21,25)(H,22,24). The molecule has 1 aromatic heterocycles. The molecule has 3 N–H and O–H groups in total. The topological polar surface area (TPSA) is 78.4 Å². The first kappa shape index (κ1) is 17.4. The number of anilines is 1. The van der Waals surface area contributed by atoms with E-state index < -0.39 is 5.91 Å². The Kier molecular flexibility index (Phi) is 5.46. The number of hydrogen-bond acceptors (Lipinski definition) is 4. The van der Waals surface area contributed by atoms with Crippen molar-refractivity contribution in [3.05, 3.63) is 88.2 Å². The number of amides is 2. The van der Waals surface area contributed by atoms with E-state index in [1.54, 1.807) is 42.5 Å². The second-order valence-electron chi connectivity index (χ2n) is 5.39. The van der Waals surface area contributed by atoms with Gasteiger partial charge < -0.3 is 15.7 Å². The second kappa shape index (κ2) is 8.13. The summed E-state index contributed by atoms with van der Waals surface area (Å²) in [5, 5.41) is 16.6. The summed E-state index contributed by atoms with van der Waals surface area (Å²) in [6.07, 6.45) is 1.63. The zero-order valence-corrected chi connectivity index (χ0v) is 14.5. The van der Waals surface area contributed by atoms with Gasteiger partial charge in [0.15, 0.2) is 0 Å². The maximum atomic E-state index is 12.6. The average Bonchev–Trinajstić information content (AvgIpc) is 3.17. The van der Waals surface area contributed by atoms with E-state index in [0.29, 0.717) is 11.3 Å². The number of carbonyl (C=O) groups is 2. The molecule has 0 saturated carbocycles. The Balaban J connectivity index is 1.82. The minimum absolute atomic E-state index is 0.106. The molecule has 26 heavy (non-hydrogen) atoms. The van der Waals surface area contributed by atoms with Crippen LogP contribution in [0, 0.1) is 0 Å². The Morgan fingerprint density at radius 1 is 0.923 bits per heavy atom. The normalized spacial score (nSPS) is 11.0. The van der Waals surface area contributed by atoms with E-state index in [9.17, 15) is 14.7 Å². The van der Waals surface area contributed by atoms with E-state index in [1.165, 1.54) is 23.5 Å². The summed E-state index contributed by atoms with van der Waals surface area (Å²) in [4.78, 5) is 25.9. The van der Waals surface area contributed by atoms with Crippen molar-refractivity contribution in [2.24, 2.45) is 0 Å². The SMILES string of the molecule is O=C(Nc1ccc(O)cc1)C(=Cc1cccs1)NC(=O)c1ccccc1. The van der Waals surface area contributed by atoms with E-state index >= 15 is 0 Å². The molecule has 0 spiro atoms. The quantitative estimate of drug-likeness (QED) is 0.475. The van der Waals surface area contributed by atoms with E-state index in [4.69, 9.17) is 0 Å². The van der Waals surface area contributed by atoms with Gasteiger partial charge in [-0.1, -0.05) is 24.3 Å². The van der Waals surface area contributed by atoms with Gasteiger partial charge in [0.1, 0.15) is 11.4 Å². The number of aromatic hydroxyl groups is 1. The molecule has 0 atom stereocenters. The van der Waals surface area contributed by atoms with Crippen LogP contribution in [-0.2, 0) is 4.79 Å². The number of phenolic OH excluding ortho intramolecular Hbond substituents is 1. The molecule has 6 heteroatoms. The lowest BCUT2D eigenvalue weighted by molar-refractivity contribution is -0.113. The molecule has 0 fully saturated rings. The van der Waals surface area contributed by atoms with Crippen LogP contribution in [0.5, 0.6) is 5.75 Å². The first-order chi connectivity index (χ1) is 12.6. The number of thiophene rings is 1. The summed E-state index contributed by atoms with van der Waals surface area (Å²) in [5.41, 5.74) is 1.11. The molecular formula is C20H16N2O3S. The van der Waals surface area contributed by atoms with Crippen molar-refractivity contribution in [1.82, 2.24) is 5.32 Å². The Hall–Kier alpha value is -3.38. The van der Waals surface area contributed by atoms with Crippen LogP contribution in [0.1, 0.15) is 15.2 Å². The maximum Gasteiger partial charge on any atom is 0.272 e. The van der Waals surface area contributed by atoms with Gasteiger partial charge in [-0.05, 0) is 53.9 Å². The van der Waals surface area contributed by atoms with Gasteiger partial charge in [-0.3, -0.25) is 9.59 Å². The van der Waals surface area contributed by atoms with Crippen LogP contribution in [0.3, 0.4) is 0 Å². The summed E-state index contributed by atoms with van der Waals surface area (Å²) in [6, 6.07) is 18.5. The van der Waals surface area contributed by atoms with Crippen LogP contribution in [0.4, 0.5) is 5.69 Å². The lowest BCUT2D eigenvalue weighted by Crippen LogP contribution is -2.30. The summed E-state index contributed by atoms with van der Waals surface area (Å²) in [6.45, 7) is 0. The number of rotatable bonds is 5. The number of nitrogens with one attached hydrogen (secondary N) is 2. The molecule has 130 valence electrons. The molecule has 2 aromatic carbocycles. The van der Waals surface area contributed by atoms with E-state index in [2.05, 4.69) is 10.6 Å². The predicted molar refractivity (Wildman–Crippen MR) is 103 cm³/mol. The predicted octanol–water partition coefficient (Wildman–Crippen LogP) is 3.86. The minimum atomic E-state index is -0.451. The van der Waals surface area contributed by atoms with Crippen molar-refractivity contribution >= 4 is 34.9 Å². The Morgan fingerprint density at radius 3 is 2.31 bits per heavy atom. The third-order valence-electron chi connectivity index (χ3n) is 3.48.